The summed E-state index contributed by atoms with van der Waals surface area (Å²) in [4.78, 5) is 39.4. The van der Waals surface area contributed by atoms with Gasteiger partial charge >= 0.3 is 6.03 Å². The van der Waals surface area contributed by atoms with Crippen molar-refractivity contribution in [2.75, 3.05) is 12.0 Å². The second-order valence-corrected chi connectivity index (χ2v) is 10.4. The van der Waals surface area contributed by atoms with Gasteiger partial charge in [0.1, 0.15) is 12.2 Å². The molecule has 0 atom stereocenters. The molecule has 4 amide bonds. The molecule has 0 unspecified atom stereocenters. The van der Waals surface area contributed by atoms with E-state index in [-0.39, 0.29) is 11.3 Å². The molecule has 1 fully saturated rings. The Morgan fingerprint density at radius 3 is 2.54 bits per heavy atom. The number of carbonyl (C=O) groups is 3. The Kier molecular flexibility index (Phi) is 7.58. The van der Waals surface area contributed by atoms with Crippen LogP contribution in [0.5, 0.6) is 11.5 Å². The number of fused-ring (bicyclic) bond motifs is 1. The first kappa shape index (κ1) is 26.7. The lowest BCUT2D eigenvalue weighted by atomic mass is 10.1. The number of aryl methyl sites for hydroxylation is 1. The second-order valence-electron chi connectivity index (χ2n) is 8.85. The average Bonchev–Trinajstić information content (AvgIpc) is 2.92. The molecule has 0 saturated carbocycles. The summed E-state index contributed by atoms with van der Waals surface area (Å²) in [6.45, 7) is 2.13. The summed E-state index contributed by atoms with van der Waals surface area (Å²) >= 11 is 8.33. The van der Waals surface area contributed by atoms with Crippen LogP contribution in [-0.4, -0.2) is 25.0 Å². The molecule has 0 aliphatic carbocycles. The van der Waals surface area contributed by atoms with E-state index in [4.69, 9.17) is 21.1 Å². The summed E-state index contributed by atoms with van der Waals surface area (Å²) in [6.07, 6.45) is 1.42. The van der Waals surface area contributed by atoms with Gasteiger partial charge < -0.3 is 9.47 Å². The fraction of sp³-hybridized carbons (Fsp3) is 0.100. The minimum atomic E-state index is -0.841. The van der Waals surface area contributed by atoms with Crippen molar-refractivity contribution in [3.8, 4) is 11.5 Å². The maximum absolute atomic E-state index is 13.3. The van der Waals surface area contributed by atoms with E-state index in [0.29, 0.717) is 28.7 Å². The van der Waals surface area contributed by atoms with Gasteiger partial charge in [-0.05, 0) is 87.3 Å². The standard InChI is InChI=1S/C30H22ClIN2O5/c1-17-10-11-21(15-24(17)31)34-29(36)23(28(35)33-30(34)37)12-18-13-25(32)27(26(14-18)38-2)39-16-20-8-5-7-19-6-3-4-9-22(19)20/h3-15H,16H2,1-2H3,(H,33,35,37)/b23-12-. The summed E-state index contributed by atoms with van der Waals surface area (Å²) in [5.41, 5.74) is 2.41. The number of hydrogen-bond acceptors (Lipinski definition) is 5. The van der Waals surface area contributed by atoms with Crippen molar-refractivity contribution in [3.63, 3.8) is 0 Å². The Morgan fingerprint density at radius 1 is 1.00 bits per heavy atom. The molecule has 1 saturated heterocycles. The van der Waals surface area contributed by atoms with Gasteiger partial charge in [-0.3, -0.25) is 14.9 Å². The van der Waals surface area contributed by atoms with Crippen LogP contribution in [-0.2, 0) is 16.2 Å². The molecule has 1 aliphatic heterocycles. The normalized spacial score (nSPS) is 14.6. The topological polar surface area (TPSA) is 84.9 Å². The molecule has 9 heteroatoms. The SMILES string of the molecule is COc1cc(/C=C2/C(=O)NC(=O)N(c3ccc(C)c(Cl)c3)C2=O)cc(I)c1OCc1cccc2ccccc12. The maximum Gasteiger partial charge on any atom is 0.335 e. The van der Waals surface area contributed by atoms with Gasteiger partial charge in [0.05, 0.1) is 16.4 Å². The Labute approximate surface area is 243 Å². The van der Waals surface area contributed by atoms with Gasteiger partial charge in [0.15, 0.2) is 11.5 Å². The molecule has 196 valence electrons. The van der Waals surface area contributed by atoms with Crippen LogP contribution in [0, 0.1) is 10.5 Å². The molecule has 1 aliphatic rings. The second kappa shape index (κ2) is 11.1. The van der Waals surface area contributed by atoms with Crippen LogP contribution in [0.2, 0.25) is 5.02 Å². The number of methoxy groups -OCH3 is 1. The first-order chi connectivity index (χ1) is 18.8. The highest BCUT2D eigenvalue weighted by Gasteiger charge is 2.37. The van der Waals surface area contributed by atoms with Gasteiger partial charge in [0.2, 0.25) is 0 Å². The Morgan fingerprint density at radius 2 is 1.77 bits per heavy atom. The van der Waals surface area contributed by atoms with Crippen molar-refractivity contribution >= 4 is 74.6 Å². The Bertz CT molecular complexity index is 1680. The Hall–Kier alpha value is -3.89. The molecule has 0 bridgehead atoms. The number of amides is 4. The highest BCUT2D eigenvalue weighted by Crippen LogP contribution is 2.36. The first-order valence-corrected chi connectivity index (χ1v) is 13.4. The highest BCUT2D eigenvalue weighted by molar-refractivity contribution is 14.1. The minimum absolute atomic E-state index is 0.200. The molecule has 0 aromatic heterocycles. The van der Waals surface area contributed by atoms with Crippen LogP contribution < -0.4 is 19.7 Å². The van der Waals surface area contributed by atoms with E-state index in [1.807, 2.05) is 31.2 Å². The quantitative estimate of drug-likeness (QED) is 0.143. The number of hydrogen-bond donors (Lipinski definition) is 1. The van der Waals surface area contributed by atoms with E-state index < -0.39 is 17.8 Å². The van der Waals surface area contributed by atoms with E-state index in [1.165, 1.54) is 19.3 Å². The monoisotopic (exact) mass is 652 g/mol. The molecule has 39 heavy (non-hydrogen) atoms. The largest absolute Gasteiger partial charge is 0.493 e. The number of benzene rings is 4. The number of imide groups is 2. The number of carbonyl (C=O) groups excluding carboxylic acids is 3. The molecule has 5 rings (SSSR count). The maximum atomic E-state index is 13.3. The van der Waals surface area contributed by atoms with Gasteiger partial charge in [0.25, 0.3) is 11.8 Å². The summed E-state index contributed by atoms with van der Waals surface area (Å²) in [5.74, 6) is -0.562. The van der Waals surface area contributed by atoms with Gasteiger partial charge in [-0.25, -0.2) is 9.69 Å². The number of nitrogens with zero attached hydrogens (tertiary/aromatic N) is 1. The Balaban J connectivity index is 1.45. The summed E-state index contributed by atoms with van der Waals surface area (Å²) < 4.78 is 12.5. The fourth-order valence-electron chi connectivity index (χ4n) is 4.31. The number of anilines is 1. The summed E-state index contributed by atoms with van der Waals surface area (Å²) in [5, 5.41) is 4.85. The lowest BCUT2D eigenvalue weighted by molar-refractivity contribution is -0.122. The lowest BCUT2D eigenvalue weighted by Gasteiger charge is -2.26. The van der Waals surface area contributed by atoms with Gasteiger partial charge in [-0.15, -0.1) is 0 Å². The van der Waals surface area contributed by atoms with Gasteiger partial charge in [0, 0.05) is 5.02 Å². The number of ether oxygens (including phenoxy) is 2. The van der Waals surface area contributed by atoms with Crippen LogP contribution in [0.4, 0.5) is 10.5 Å². The van der Waals surface area contributed by atoms with Crippen molar-refractivity contribution in [2.24, 2.45) is 0 Å². The summed E-state index contributed by atoms with van der Waals surface area (Å²) in [6, 6.07) is 21.6. The third kappa shape index (κ3) is 5.35. The predicted octanol–water partition coefficient (Wildman–Crippen LogP) is 6.66. The lowest BCUT2D eigenvalue weighted by Crippen LogP contribution is -2.54. The molecule has 4 aromatic carbocycles. The van der Waals surface area contributed by atoms with Crippen LogP contribution >= 0.6 is 34.2 Å². The molecule has 1 heterocycles. The van der Waals surface area contributed by atoms with Crippen LogP contribution in [0.1, 0.15) is 16.7 Å². The number of barbiturate groups is 1. The van der Waals surface area contributed by atoms with E-state index >= 15 is 0 Å². The third-order valence-corrected chi connectivity index (χ3v) is 7.54. The van der Waals surface area contributed by atoms with E-state index in [2.05, 4.69) is 46.1 Å². The molecule has 0 radical (unpaired) electrons. The fourth-order valence-corrected chi connectivity index (χ4v) is 5.27. The van der Waals surface area contributed by atoms with Gasteiger partial charge in [-0.1, -0.05) is 60.1 Å². The third-order valence-electron chi connectivity index (χ3n) is 6.33. The zero-order chi connectivity index (χ0) is 27.7. The van der Waals surface area contributed by atoms with Crippen LogP contribution in [0.15, 0.2) is 78.4 Å². The molecule has 1 N–H and O–H groups in total. The van der Waals surface area contributed by atoms with Crippen molar-refractivity contribution in [1.82, 2.24) is 5.32 Å². The molecular formula is C30H22ClIN2O5. The number of nitrogens with one attached hydrogen (secondary N) is 1. The number of urea groups is 1. The van der Waals surface area contributed by atoms with Crippen molar-refractivity contribution < 1.29 is 23.9 Å². The van der Waals surface area contributed by atoms with Crippen molar-refractivity contribution in [2.45, 2.75) is 13.5 Å². The van der Waals surface area contributed by atoms with Gasteiger partial charge in [-0.2, -0.15) is 0 Å². The predicted molar refractivity (Wildman–Crippen MR) is 159 cm³/mol. The smallest absolute Gasteiger partial charge is 0.335 e. The molecule has 4 aromatic rings. The van der Waals surface area contributed by atoms with E-state index in [0.717, 1.165) is 30.4 Å². The molecular weight excluding hydrogens is 631 g/mol. The number of rotatable bonds is 6. The average molecular weight is 653 g/mol. The first-order valence-electron chi connectivity index (χ1n) is 11.9. The summed E-state index contributed by atoms with van der Waals surface area (Å²) in [7, 11) is 1.52. The van der Waals surface area contributed by atoms with E-state index in [1.54, 1.807) is 24.3 Å². The van der Waals surface area contributed by atoms with Crippen molar-refractivity contribution in [3.05, 3.63) is 104 Å². The zero-order valence-electron chi connectivity index (χ0n) is 21.0. The van der Waals surface area contributed by atoms with Crippen molar-refractivity contribution in [1.29, 1.82) is 0 Å². The van der Waals surface area contributed by atoms with Crippen LogP contribution in [0.25, 0.3) is 16.8 Å². The number of halogens is 2. The molecule has 0 spiro atoms. The van der Waals surface area contributed by atoms with Crippen LogP contribution in [0.3, 0.4) is 0 Å². The highest BCUT2D eigenvalue weighted by atomic mass is 127. The minimum Gasteiger partial charge on any atom is -0.493 e. The molecule has 7 nitrogen and oxygen atoms in total. The van der Waals surface area contributed by atoms with E-state index in [9.17, 15) is 14.4 Å². The zero-order valence-corrected chi connectivity index (χ0v) is 23.9.